The summed E-state index contributed by atoms with van der Waals surface area (Å²) in [5.41, 5.74) is 1.75. The van der Waals surface area contributed by atoms with E-state index in [-0.39, 0.29) is 24.2 Å². The lowest BCUT2D eigenvalue weighted by Crippen LogP contribution is -2.48. The quantitative estimate of drug-likeness (QED) is 0.144. The first-order valence-electron chi connectivity index (χ1n) is 13.4. The lowest BCUT2D eigenvalue weighted by atomic mass is 9.89. The number of halogens is 1. The molecule has 1 heterocycles. The van der Waals surface area contributed by atoms with Crippen LogP contribution in [0.25, 0.3) is 6.08 Å². The zero-order valence-electron chi connectivity index (χ0n) is 23.8. The van der Waals surface area contributed by atoms with E-state index in [9.17, 15) is 24.3 Å². The molecule has 0 radical (unpaired) electrons. The van der Waals surface area contributed by atoms with Crippen LogP contribution in [0.15, 0.2) is 48.5 Å². The Kier molecular flexibility index (Phi) is 14.4. The highest BCUT2D eigenvalue weighted by atomic mass is 35.5. The lowest BCUT2D eigenvalue weighted by Gasteiger charge is -2.33. The summed E-state index contributed by atoms with van der Waals surface area (Å²) >= 11 is 5.91. The minimum atomic E-state index is -2.27. The number of ether oxygens (including phenoxy) is 1. The molecule has 6 N–H and O–H groups in total. The van der Waals surface area contributed by atoms with Crippen LogP contribution in [0, 0.1) is 17.2 Å². The molecular formula is C30H34ClN3O10. The second kappa shape index (κ2) is 17.7. The number of amides is 1. The molecule has 236 valence electrons. The van der Waals surface area contributed by atoms with E-state index in [2.05, 4.69) is 16.3 Å². The molecular weight excluding hydrogens is 598 g/mol. The molecule has 44 heavy (non-hydrogen) atoms. The number of benzene rings is 2. The highest BCUT2D eigenvalue weighted by Crippen LogP contribution is 2.23. The Morgan fingerprint density at radius 3 is 2.16 bits per heavy atom. The van der Waals surface area contributed by atoms with Crippen molar-refractivity contribution in [3.8, 4) is 11.8 Å². The van der Waals surface area contributed by atoms with E-state index >= 15 is 0 Å². The van der Waals surface area contributed by atoms with Gasteiger partial charge in [0.15, 0.2) is 18.0 Å². The molecule has 3 atom stereocenters. The SMILES string of the molecule is COc1ccc(C#N)cc1C=CC(=O)N[C@H](CO)CN1CCC(C(=O)c2ccc(Cl)cc2)CC1.O=C(O)[C@H](O)[C@@H](O)C(=O)O. The number of nitrogens with zero attached hydrogens (tertiary/aromatic N) is 2. The van der Waals surface area contributed by atoms with E-state index in [1.54, 1.807) is 48.5 Å². The molecule has 0 unspecified atom stereocenters. The van der Waals surface area contributed by atoms with Crippen molar-refractivity contribution < 1.29 is 49.4 Å². The summed E-state index contributed by atoms with van der Waals surface area (Å²) < 4.78 is 5.27. The number of methoxy groups -OCH3 is 1. The predicted molar refractivity (Wildman–Crippen MR) is 158 cm³/mol. The molecule has 1 fully saturated rings. The van der Waals surface area contributed by atoms with E-state index in [1.165, 1.54) is 13.2 Å². The highest BCUT2D eigenvalue weighted by Gasteiger charge is 2.29. The number of aliphatic carboxylic acids is 2. The van der Waals surface area contributed by atoms with Crippen LogP contribution in [-0.4, -0.2) is 106 Å². The fourth-order valence-electron chi connectivity index (χ4n) is 4.31. The number of carboxylic acids is 2. The Morgan fingerprint density at radius 1 is 1.07 bits per heavy atom. The molecule has 1 aliphatic heterocycles. The Morgan fingerprint density at radius 2 is 1.66 bits per heavy atom. The summed E-state index contributed by atoms with van der Waals surface area (Å²) in [7, 11) is 1.52. The smallest absolute Gasteiger partial charge is 0.335 e. The van der Waals surface area contributed by atoms with E-state index in [1.807, 2.05) is 0 Å². The molecule has 0 aliphatic carbocycles. The number of carbonyl (C=O) groups excluding carboxylic acids is 2. The first kappa shape index (κ1) is 35.9. The van der Waals surface area contributed by atoms with Gasteiger partial charge in [-0.2, -0.15) is 5.26 Å². The standard InChI is InChI=1S/C26H28ClN3O4.C4H6O6/c1-34-24-8-2-18(15-28)14-21(24)5-9-25(32)29-23(17-31)16-30-12-10-20(11-13-30)26(33)19-3-6-22(27)7-4-19;5-1(3(7)8)2(6)4(9)10/h2-9,14,20,23,31H,10-13,16-17H2,1H3,(H,29,32);1-2,5-6H,(H,7,8)(H,9,10)/t23-;1-,2-/m01/s1. The van der Waals surface area contributed by atoms with E-state index in [4.69, 9.17) is 42.0 Å². The third-order valence-electron chi connectivity index (χ3n) is 6.71. The van der Waals surface area contributed by atoms with Crippen LogP contribution in [0.4, 0.5) is 0 Å². The maximum atomic E-state index is 12.7. The molecule has 1 saturated heterocycles. The Hall–Kier alpha value is -4.32. The van der Waals surface area contributed by atoms with Crippen molar-refractivity contribution in [2.45, 2.75) is 31.1 Å². The molecule has 0 bridgehead atoms. The zero-order valence-corrected chi connectivity index (χ0v) is 24.6. The van der Waals surface area contributed by atoms with Crippen molar-refractivity contribution in [2.24, 2.45) is 5.92 Å². The van der Waals surface area contributed by atoms with Crippen LogP contribution in [0.5, 0.6) is 5.75 Å². The number of nitriles is 1. The summed E-state index contributed by atoms with van der Waals surface area (Å²) in [4.78, 5) is 46.8. The number of nitrogens with one attached hydrogen (secondary N) is 1. The predicted octanol–water partition coefficient (Wildman–Crippen LogP) is 1.18. The van der Waals surface area contributed by atoms with E-state index in [0.717, 1.165) is 12.8 Å². The van der Waals surface area contributed by atoms with Gasteiger partial charge in [-0.15, -0.1) is 0 Å². The van der Waals surface area contributed by atoms with Gasteiger partial charge in [-0.1, -0.05) is 11.6 Å². The van der Waals surface area contributed by atoms with Crippen molar-refractivity contribution in [2.75, 3.05) is 33.4 Å². The van der Waals surface area contributed by atoms with Gasteiger partial charge in [-0.3, -0.25) is 9.59 Å². The molecule has 14 heteroatoms. The zero-order chi connectivity index (χ0) is 32.8. The molecule has 2 aromatic carbocycles. The largest absolute Gasteiger partial charge is 0.496 e. The number of piperidine rings is 1. The van der Waals surface area contributed by atoms with Gasteiger partial charge in [-0.05, 0) is 74.5 Å². The van der Waals surface area contributed by atoms with Crippen molar-refractivity contribution in [1.82, 2.24) is 10.2 Å². The van der Waals surface area contributed by atoms with Crippen LogP contribution in [-0.2, 0) is 14.4 Å². The minimum absolute atomic E-state index is 0.0401. The number of ketones is 1. The number of aliphatic hydroxyl groups excluding tert-OH is 3. The monoisotopic (exact) mass is 631 g/mol. The van der Waals surface area contributed by atoms with Crippen molar-refractivity contribution in [3.05, 3.63) is 70.3 Å². The minimum Gasteiger partial charge on any atom is -0.496 e. The summed E-state index contributed by atoms with van der Waals surface area (Å²) in [6.45, 7) is 1.72. The first-order chi connectivity index (χ1) is 20.9. The van der Waals surface area contributed by atoms with Crippen LogP contribution in [0.1, 0.15) is 34.3 Å². The lowest BCUT2D eigenvalue weighted by molar-refractivity contribution is -0.165. The number of aliphatic hydroxyl groups is 3. The van der Waals surface area contributed by atoms with Crippen molar-refractivity contribution in [3.63, 3.8) is 0 Å². The van der Waals surface area contributed by atoms with Crippen LogP contribution in [0.2, 0.25) is 5.02 Å². The first-order valence-corrected chi connectivity index (χ1v) is 13.8. The van der Waals surface area contributed by atoms with Gasteiger partial charge < -0.3 is 40.5 Å². The Balaban J connectivity index is 0.000000580. The number of rotatable bonds is 12. The van der Waals surface area contributed by atoms with Crippen LogP contribution in [0.3, 0.4) is 0 Å². The Bertz CT molecular complexity index is 1350. The maximum absolute atomic E-state index is 12.7. The molecule has 13 nitrogen and oxygen atoms in total. The van der Waals surface area contributed by atoms with Gasteiger partial charge in [0.2, 0.25) is 5.91 Å². The number of carboxylic acid groups (broad SMARTS) is 2. The van der Waals surface area contributed by atoms with Crippen LogP contribution >= 0.6 is 11.6 Å². The summed E-state index contributed by atoms with van der Waals surface area (Å²) in [5, 5.41) is 54.8. The number of hydrogen-bond acceptors (Lipinski definition) is 10. The van der Waals surface area contributed by atoms with E-state index in [0.29, 0.717) is 47.1 Å². The highest BCUT2D eigenvalue weighted by molar-refractivity contribution is 6.30. The fraction of sp³-hybridized carbons (Fsp3) is 0.367. The third kappa shape index (κ3) is 11.1. The second-order valence-electron chi connectivity index (χ2n) is 9.80. The van der Waals surface area contributed by atoms with Crippen molar-refractivity contribution >= 4 is 41.3 Å². The fourth-order valence-corrected chi connectivity index (χ4v) is 4.43. The summed E-state index contributed by atoms with van der Waals surface area (Å²) in [6.07, 6.45) is -0.143. The average Bonchev–Trinajstić information content (AvgIpc) is 3.03. The average molecular weight is 632 g/mol. The number of carbonyl (C=O) groups is 4. The van der Waals surface area contributed by atoms with Gasteiger partial charge in [0.25, 0.3) is 0 Å². The topological polar surface area (TPSA) is 218 Å². The molecule has 1 aliphatic rings. The molecule has 1 amide bonds. The van der Waals surface area contributed by atoms with Crippen molar-refractivity contribution in [1.29, 1.82) is 5.26 Å². The van der Waals surface area contributed by atoms with Gasteiger partial charge >= 0.3 is 11.9 Å². The molecule has 0 aromatic heterocycles. The van der Waals surface area contributed by atoms with Gasteiger partial charge in [0.1, 0.15) is 5.75 Å². The second-order valence-corrected chi connectivity index (χ2v) is 10.2. The summed E-state index contributed by atoms with van der Waals surface area (Å²) in [6, 6.07) is 13.5. The Labute approximate surface area is 258 Å². The third-order valence-corrected chi connectivity index (χ3v) is 6.96. The summed E-state index contributed by atoms with van der Waals surface area (Å²) in [5.74, 6) is -3.25. The molecule has 0 saturated carbocycles. The van der Waals surface area contributed by atoms with Gasteiger partial charge in [0, 0.05) is 34.7 Å². The maximum Gasteiger partial charge on any atom is 0.335 e. The number of Topliss-reactive ketones (excluding diaryl/α,β-unsaturated/α-hetero) is 1. The van der Waals surface area contributed by atoms with Gasteiger partial charge in [0.05, 0.1) is 31.4 Å². The normalized spacial score (nSPS) is 15.6. The number of likely N-dealkylation sites (tertiary alicyclic amines) is 1. The van der Waals surface area contributed by atoms with E-state index < -0.39 is 30.2 Å². The number of hydrogen-bond donors (Lipinski definition) is 6. The molecule has 2 aromatic rings. The van der Waals surface area contributed by atoms with Crippen LogP contribution < -0.4 is 10.1 Å². The molecule has 0 spiro atoms. The molecule has 3 rings (SSSR count). The van der Waals surface area contributed by atoms with Gasteiger partial charge in [-0.25, -0.2) is 9.59 Å².